The molecule has 0 aromatic heterocycles. The smallest absolute Gasteiger partial charge is 0.240 e. The van der Waals surface area contributed by atoms with E-state index in [0.717, 1.165) is 17.7 Å². The Morgan fingerprint density at radius 1 is 1.04 bits per heavy atom. The van der Waals surface area contributed by atoms with Gasteiger partial charge < -0.3 is 15.1 Å². The lowest BCUT2D eigenvalue weighted by atomic mass is 10.1. The van der Waals surface area contributed by atoms with Crippen LogP contribution in [0.1, 0.15) is 17.5 Å². The molecule has 1 N–H and O–H groups in total. The second-order valence-electron chi connectivity index (χ2n) is 6.88. The molecule has 1 fully saturated rings. The summed E-state index contributed by atoms with van der Waals surface area (Å²) in [7, 11) is 0. The number of nitrogens with one attached hydrogen (secondary N) is 1. The van der Waals surface area contributed by atoms with Gasteiger partial charge in [0.25, 0.3) is 0 Å². The third-order valence-electron chi connectivity index (χ3n) is 5.17. The monoisotopic (exact) mass is 385 g/mol. The van der Waals surface area contributed by atoms with Gasteiger partial charge in [0.2, 0.25) is 11.8 Å². The summed E-state index contributed by atoms with van der Waals surface area (Å²) in [5.41, 5.74) is 3.30. The molecular weight excluding hydrogens is 362 g/mol. The molecule has 5 nitrogen and oxygen atoms in total. The number of piperazine rings is 1. The van der Waals surface area contributed by atoms with Crippen molar-refractivity contribution in [2.45, 2.75) is 25.4 Å². The van der Waals surface area contributed by atoms with E-state index in [1.807, 2.05) is 58.3 Å². The van der Waals surface area contributed by atoms with Crippen molar-refractivity contribution >= 4 is 29.9 Å². The number of carbonyl (C=O) groups is 2. The van der Waals surface area contributed by atoms with Gasteiger partial charge in [0.05, 0.1) is 12.5 Å². The molecular formula is C21H24ClN3O2. The van der Waals surface area contributed by atoms with E-state index < -0.39 is 6.04 Å². The van der Waals surface area contributed by atoms with Crippen molar-refractivity contribution in [1.82, 2.24) is 10.2 Å². The first-order chi connectivity index (χ1) is 12.7. The molecule has 1 saturated heterocycles. The zero-order valence-corrected chi connectivity index (χ0v) is 16.0. The van der Waals surface area contributed by atoms with E-state index in [9.17, 15) is 9.59 Å². The summed E-state index contributed by atoms with van der Waals surface area (Å²) >= 11 is 0. The molecule has 27 heavy (non-hydrogen) atoms. The summed E-state index contributed by atoms with van der Waals surface area (Å²) in [5, 5.41) is 3.22. The SMILES string of the molecule is Cl.O=C1C(CC(=O)N2CCc3ccccc32)NCCN1Cc1ccccc1. The Labute approximate surface area is 165 Å². The molecule has 6 heteroatoms. The van der Waals surface area contributed by atoms with Crippen molar-refractivity contribution in [1.29, 1.82) is 0 Å². The van der Waals surface area contributed by atoms with Gasteiger partial charge in [-0.15, -0.1) is 12.4 Å². The molecule has 0 saturated carbocycles. The predicted octanol–water partition coefficient (Wildman–Crippen LogP) is 2.39. The van der Waals surface area contributed by atoms with Crippen LogP contribution >= 0.6 is 12.4 Å². The van der Waals surface area contributed by atoms with Gasteiger partial charge in [-0.25, -0.2) is 0 Å². The first kappa shape index (κ1) is 19.4. The molecule has 2 aliphatic rings. The predicted molar refractivity (Wildman–Crippen MR) is 108 cm³/mol. The fourth-order valence-electron chi connectivity index (χ4n) is 3.79. The normalized spacial score (nSPS) is 18.8. The minimum atomic E-state index is -0.437. The second kappa shape index (κ2) is 8.55. The molecule has 4 rings (SSSR count). The highest BCUT2D eigenvalue weighted by molar-refractivity contribution is 5.98. The number of amides is 2. The maximum absolute atomic E-state index is 12.8. The number of rotatable bonds is 4. The van der Waals surface area contributed by atoms with Crippen LogP contribution in [0.15, 0.2) is 54.6 Å². The minimum Gasteiger partial charge on any atom is -0.336 e. The van der Waals surface area contributed by atoms with Crippen LogP contribution in [-0.2, 0) is 22.6 Å². The van der Waals surface area contributed by atoms with Crippen LogP contribution in [0.3, 0.4) is 0 Å². The minimum absolute atomic E-state index is 0. The van der Waals surface area contributed by atoms with E-state index in [1.165, 1.54) is 5.56 Å². The van der Waals surface area contributed by atoms with Gasteiger partial charge in [-0.2, -0.15) is 0 Å². The quantitative estimate of drug-likeness (QED) is 0.879. The van der Waals surface area contributed by atoms with Crippen molar-refractivity contribution in [2.24, 2.45) is 0 Å². The van der Waals surface area contributed by atoms with Crippen molar-refractivity contribution in [3.05, 3.63) is 65.7 Å². The van der Waals surface area contributed by atoms with Crippen molar-refractivity contribution < 1.29 is 9.59 Å². The van der Waals surface area contributed by atoms with Crippen LogP contribution in [-0.4, -0.2) is 42.4 Å². The first-order valence-corrected chi connectivity index (χ1v) is 9.17. The second-order valence-corrected chi connectivity index (χ2v) is 6.88. The molecule has 2 aromatic rings. The summed E-state index contributed by atoms with van der Waals surface area (Å²) in [5.74, 6) is 0.0308. The largest absolute Gasteiger partial charge is 0.336 e. The molecule has 1 unspecified atom stereocenters. The summed E-state index contributed by atoms with van der Waals surface area (Å²) in [6.07, 6.45) is 1.09. The number of benzene rings is 2. The van der Waals surface area contributed by atoms with Gasteiger partial charge >= 0.3 is 0 Å². The lowest BCUT2D eigenvalue weighted by molar-refractivity contribution is -0.138. The molecule has 0 spiro atoms. The zero-order chi connectivity index (χ0) is 17.9. The topological polar surface area (TPSA) is 52.7 Å². The summed E-state index contributed by atoms with van der Waals surface area (Å²) in [4.78, 5) is 29.3. The van der Waals surface area contributed by atoms with E-state index in [4.69, 9.17) is 0 Å². The summed E-state index contributed by atoms with van der Waals surface area (Å²) in [6.45, 7) is 2.68. The molecule has 0 bridgehead atoms. The van der Waals surface area contributed by atoms with Crippen LogP contribution in [0.4, 0.5) is 5.69 Å². The van der Waals surface area contributed by atoms with Gasteiger partial charge in [0.15, 0.2) is 0 Å². The standard InChI is InChI=1S/C21H23N3O2.ClH/c25-20(24-12-10-17-8-4-5-9-19(17)24)14-18-21(26)23(13-11-22-18)15-16-6-2-1-3-7-16;/h1-9,18,22H,10-15H2;1H. The summed E-state index contributed by atoms with van der Waals surface area (Å²) < 4.78 is 0. The van der Waals surface area contributed by atoms with Crippen LogP contribution in [0.5, 0.6) is 0 Å². The highest BCUT2D eigenvalue weighted by Crippen LogP contribution is 2.28. The highest BCUT2D eigenvalue weighted by atomic mass is 35.5. The average Bonchev–Trinajstić information content (AvgIpc) is 3.10. The third-order valence-corrected chi connectivity index (χ3v) is 5.17. The molecule has 2 aliphatic heterocycles. The Kier molecular flexibility index (Phi) is 6.14. The third kappa shape index (κ3) is 4.15. The molecule has 1 atom stereocenters. The molecule has 0 aliphatic carbocycles. The van der Waals surface area contributed by atoms with E-state index in [0.29, 0.717) is 26.2 Å². The fourth-order valence-corrected chi connectivity index (χ4v) is 3.79. The zero-order valence-electron chi connectivity index (χ0n) is 15.1. The van der Waals surface area contributed by atoms with Crippen LogP contribution < -0.4 is 10.2 Å². The number of anilines is 1. The Morgan fingerprint density at radius 2 is 1.78 bits per heavy atom. The summed E-state index contributed by atoms with van der Waals surface area (Å²) in [6, 6.07) is 17.5. The number of carbonyl (C=O) groups excluding carboxylic acids is 2. The highest BCUT2D eigenvalue weighted by Gasteiger charge is 2.33. The molecule has 2 aromatic carbocycles. The molecule has 142 valence electrons. The fraction of sp³-hybridized carbons (Fsp3) is 0.333. The molecule has 0 radical (unpaired) electrons. The van der Waals surface area contributed by atoms with Crippen molar-refractivity contribution in [3.8, 4) is 0 Å². The van der Waals surface area contributed by atoms with E-state index in [-0.39, 0.29) is 30.6 Å². The van der Waals surface area contributed by atoms with Crippen molar-refractivity contribution in [3.63, 3.8) is 0 Å². The van der Waals surface area contributed by atoms with Gasteiger partial charge in [0, 0.05) is 31.9 Å². The number of hydrogen-bond acceptors (Lipinski definition) is 3. The van der Waals surface area contributed by atoms with Crippen LogP contribution in [0, 0.1) is 0 Å². The number of nitrogens with zero attached hydrogens (tertiary/aromatic N) is 2. The van der Waals surface area contributed by atoms with Crippen LogP contribution in [0.2, 0.25) is 0 Å². The van der Waals surface area contributed by atoms with Gasteiger partial charge in [0.1, 0.15) is 0 Å². The lowest BCUT2D eigenvalue weighted by Crippen LogP contribution is -2.56. The first-order valence-electron chi connectivity index (χ1n) is 9.17. The Bertz CT molecular complexity index is 812. The van der Waals surface area contributed by atoms with Crippen LogP contribution in [0.25, 0.3) is 0 Å². The maximum atomic E-state index is 12.8. The maximum Gasteiger partial charge on any atom is 0.240 e. The van der Waals surface area contributed by atoms with Gasteiger partial charge in [-0.1, -0.05) is 48.5 Å². The van der Waals surface area contributed by atoms with Gasteiger partial charge in [-0.05, 0) is 23.6 Å². The van der Waals surface area contributed by atoms with E-state index in [1.54, 1.807) is 0 Å². The Balaban J connectivity index is 0.00000210. The average molecular weight is 386 g/mol. The molecule has 2 heterocycles. The lowest BCUT2D eigenvalue weighted by Gasteiger charge is -2.33. The van der Waals surface area contributed by atoms with E-state index in [2.05, 4.69) is 11.4 Å². The number of para-hydroxylation sites is 1. The number of fused-ring (bicyclic) bond motifs is 1. The number of hydrogen-bond donors (Lipinski definition) is 1. The molecule has 2 amide bonds. The number of halogens is 1. The van der Waals surface area contributed by atoms with Gasteiger partial charge in [-0.3, -0.25) is 9.59 Å². The van der Waals surface area contributed by atoms with E-state index >= 15 is 0 Å². The Morgan fingerprint density at radius 3 is 2.59 bits per heavy atom. The van der Waals surface area contributed by atoms with Crippen molar-refractivity contribution in [2.75, 3.05) is 24.5 Å². The Hall–Kier alpha value is -2.37.